The highest BCUT2D eigenvalue weighted by Gasteiger charge is 2.08. The minimum absolute atomic E-state index is 0.0156. The molecule has 0 aliphatic carbocycles. The molecule has 0 saturated heterocycles. The summed E-state index contributed by atoms with van der Waals surface area (Å²) in [5.74, 6) is 0. The van der Waals surface area contributed by atoms with E-state index in [1.165, 1.54) is 20.5 Å². The van der Waals surface area contributed by atoms with Crippen LogP contribution in [0.1, 0.15) is 20.3 Å². The fourth-order valence-electron chi connectivity index (χ4n) is 0.638. The van der Waals surface area contributed by atoms with Gasteiger partial charge in [0.05, 0.1) is 6.61 Å². The number of carbonyl (C=O) groups excluding carboxylic acids is 1. The van der Waals surface area contributed by atoms with Crippen molar-refractivity contribution < 1.29 is 24.2 Å². The molecule has 1 radical (unpaired) electrons. The highest BCUT2D eigenvalue weighted by molar-refractivity contribution is 5.60. The lowest BCUT2D eigenvalue weighted by Crippen LogP contribution is -2.17. The molecule has 0 amide bonds. The second kappa shape index (κ2) is 6.93. The molecule has 0 spiro atoms. The quantitative estimate of drug-likeness (QED) is 0.370. The van der Waals surface area contributed by atoms with Gasteiger partial charge in [-0.1, -0.05) is 0 Å². The molecule has 0 bridgehead atoms. The third kappa shape index (κ3) is 7.14. The summed E-state index contributed by atoms with van der Waals surface area (Å²) >= 11 is 0. The summed E-state index contributed by atoms with van der Waals surface area (Å²) < 4.78 is 8.88. The van der Waals surface area contributed by atoms with Crippen LogP contribution in [-0.4, -0.2) is 24.0 Å². The van der Waals surface area contributed by atoms with E-state index in [-0.39, 0.29) is 13.0 Å². The SMILES string of the molecule is C[CH]OC(=O)OCCC(C)O[N+](=O)[O-]. The molecule has 7 heteroatoms. The molecule has 0 aliphatic heterocycles. The second-order valence-electron chi connectivity index (χ2n) is 2.38. The maximum absolute atomic E-state index is 10.6. The Hall–Kier alpha value is -1.53. The molecule has 1 unspecified atom stereocenters. The van der Waals surface area contributed by atoms with Crippen molar-refractivity contribution in [3.63, 3.8) is 0 Å². The van der Waals surface area contributed by atoms with Crippen molar-refractivity contribution in [3.05, 3.63) is 16.7 Å². The maximum Gasteiger partial charge on any atom is 0.508 e. The van der Waals surface area contributed by atoms with Gasteiger partial charge in [-0.2, -0.15) is 0 Å². The number of nitrogens with zero attached hydrogens (tertiary/aromatic N) is 1. The summed E-state index contributed by atoms with van der Waals surface area (Å²) in [6, 6.07) is 0. The molecule has 1 atom stereocenters. The second-order valence-corrected chi connectivity index (χ2v) is 2.38. The summed E-state index contributed by atoms with van der Waals surface area (Å²) in [5, 5.41) is 8.97. The molecule has 0 aromatic heterocycles. The zero-order valence-corrected chi connectivity index (χ0v) is 7.97. The van der Waals surface area contributed by atoms with Crippen LogP contribution in [0.4, 0.5) is 4.79 Å². The lowest BCUT2D eigenvalue weighted by molar-refractivity contribution is -0.767. The molecule has 0 rings (SSSR count). The molecule has 0 saturated carbocycles. The summed E-state index contributed by atoms with van der Waals surface area (Å²) in [7, 11) is 0. The molecule has 0 fully saturated rings. The predicted octanol–water partition coefficient (Wildman–Crippen LogP) is 1.31. The first kappa shape index (κ1) is 12.5. The molecule has 7 nitrogen and oxygen atoms in total. The molecule has 0 aliphatic rings. The molecular formula is C7H12NO6. The normalized spacial score (nSPS) is 11.6. The van der Waals surface area contributed by atoms with Gasteiger partial charge in [-0.05, 0) is 13.8 Å². The van der Waals surface area contributed by atoms with Crippen LogP contribution in [0.2, 0.25) is 0 Å². The Kier molecular flexibility index (Phi) is 6.17. The molecule has 0 aromatic carbocycles. The Balaban J connectivity index is 3.43. The Morgan fingerprint density at radius 3 is 2.79 bits per heavy atom. The molecule has 81 valence electrons. The molecule has 0 N–H and O–H groups in total. The molecule has 14 heavy (non-hydrogen) atoms. The average molecular weight is 206 g/mol. The van der Waals surface area contributed by atoms with Crippen LogP contribution < -0.4 is 0 Å². The van der Waals surface area contributed by atoms with E-state index in [1.807, 2.05) is 0 Å². The van der Waals surface area contributed by atoms with Gasteiger partial charge in [-0.15, -0.1) is 10.1 Å². The van der Waals surface area contributed by atoms with Crippen LogP contribution in [0.15, 0.2) is 0 Å². The number of ether oxygens (including phenoxy) is 2. The fraction of sp³-hybridized carbons (Fsp3) is 0.714. The summed E-state index contributed by atoms with van der Waals surface area (Å²) in [5.41, 5.74) is 0. The van der Waals surface area contributed by atoms with E-state index in [4.69, 9.17) is 0 Å². The van der Waals surface area contributed by atoms with Gasteiger partial charge in [-0.25, -0.2) is 4.79 Å². The van der Waals surface area contributed by atoms with Crippen molar-refractivity contribution in [2.45, 2.75) is 26.4 Å². The first-order chi connectivity index (χ1) is 6.56. The van der Waals surface area contributed by atoms with Crippen LogP contribution in [0.3, 0.4) is 0 Å². The van der Waals surface area contributed by atoms with E-state index >= 15 is 0 Å². The van der Waals surface area contributed by atoms with Gasteiger partial charge in [0.25, 0.3) is 5.09 Å². The van der Waals surface area contributed by atoms with Crippen LogP contribution in [0.5, 0.6) is 0 Å². The van der Waals surface area contributed by atoms with Gasteiger partial charge in [-0.3, -0.25) is 0 Å². The number of carbonyl (C=O) groups is 1. The van der Waals surface area contributed by atoms with Crippen LogP contribution >= 0.6 is 0 Å². The van der Waals surface area contributed by atoms with Crippen molar-refractivity contribution in [2.24, 2.45) is 0 Å². The summed E-state index contributed by atoms with van der Waals surface area (Å²) in [6.07, 6.45) is -1.20. The van der Waals surface area contributed by atoms with Crippen LogP contribution in [0, 0.1) is 16.7 Å². The van der Waals surface area contributed by atoms with Gasteiger partial charge in [0, 0.05) is 6.42 Å². The van der Waals surface area contributed by atoms with Crippen molar-refractivity contribution in [1.82, 2.24) is 0 Å². The minimum Gasteiger partial charge on any atom is -0.434 e. The minimum atomic E-state index is -0.886. The highest BCUT2D eigenvalue weighted by atomic mass is 17.0. The predicted molar refractivity (Wildman–Crippen MR) is 44.6 cm³/mol. The van der Waals surface area contributed by atoms with Crippen LogP contribution in [-0.2, 0) is 14.3 Å². The zero-order chi connectivity index (χ0) is 11.0. The maximum atomic E-state index is 10.6. The van der Waals surface area contributed by atoms with E-state index in [0.717, 1.165) is 0 Å². The van der Waals surface area contributed by atoms with Gasteiger partial charge >= 0.3 is 6.16 Å². The van der Waals surface area contributed by atoms with E-state index in [2.05, 4.69) is 14.3 Å². The number of hydrogen-bond donors (Lipinski definition) is 0. The van der Waals surface area contributed by atoms with Crippen LogP contribution in [0.25, 0.3) is 0 Å². The highest BCUT2D eigenvalue weighted by Crippen LogP contribution is 1.99. The third-order valence-electron chi connectivity index (χ3n) is 1.22. The Bertz CT molecular complexity index is 195. The van der Waals surface area contributed by atoms with Crippen molar-refractivity contribution >= 4 is 6.16 Å². The largest absolute Gasteiger partial charge is 0.508 e. The Morgan fingerprint density at radius 1 is 1.64 bits per heavy atom. The number of hydrogen-bond acceptors (Lipinski definition) is 6. The van der Waals surface area contributed by atoms with E-state index < -0.39 is 17.3 Å². The topological polar surface area (TPSA) is 87.9 Å². The van der Waals surface area contributed by atoms with Crippen molar-refractivity contribution in [2.75, 3.05) is 6.61 Å². The van der Waals surface area contributed by atoms with Gasteiger partial charge in [0.2, 0.25) is 0 Å². The number of rotatable bonds is 6. The molecule has 0 heterocycles. The molecule has 0 aromatic rings. The first-order valence-electron chi connectivity index (χ1n) is 3.98. The lowest BCUT2D eigenvalue weighted by atomic mass is 10.3. The van der Waals surface area contributed by atoms with Crippen molar-refractivity contribution in [1.29, 1.82) is 0 Å². The van der Waals surface area contributed by atoms with Gasteiger partial charge in [0.1, 0.15) is 12.7 Å². The van der Waals surface area contributed by atoms with E-state index in [0.29, 0.717) is 0 Å². The third-order valence-corrected chi connectivity index (χ3v) is 1.22. The average Bonchev–Trinajstić information content (AvgIpc) is 2.02. The monoisotopic (exact) mass is 206 g/mol. The van der Waals surface area contributed by atoms with Gasteiger partial charge < -0.3 is 14.3 Å². The smallest absolute Gasteiger partial charge is 0.434 e. The summed E-state index contributed by atoms with van der Waals surface area (Å²) in [6.45, 7) is 4.23. The zero-order valence-electron chi connectivity index (χ0n) is 7.97. The first-order valence-corrected chi connectivity index (χ1v) is 3.98. The standard InChI is InChI=1S/C7H12NO6/c1-3-12-7(9)13-5-4-6(2)14-8(10)11/h3,6H,4-5H2,1-2H3. The van der Waals surface area contributed by atoms with Gasteiger partial charge in [0.15, 0.2) is 0 Å². The fourth-order valence-corrected chi connectivity index (χ4v) is 0.638. The molecular weight excluding hydrogens is 194 g/mol. The Labute approximate surface area is 81.0 Å². The van der Waals surface area contributed by atoms with E-state index in [9.17, 15) is 14.9 Å². The van der Waals surface area contributed by atoms with Crippen molar-refractivity contribution in [3.8, 4) is 0 Å². The van der Waals surface area contributed by atoms with E-state index in [1.54, 1.807) is 0 Å². The lowest BCUT2D eigenvalue weighted by Gasteiger charge is -2.08. The Morgan fingerprint density at radius 2 is 2.29 bits per heavy atom. The summed E-state index contributed by atoms with van der Waals surface area (Å²) in [4.78, 5) is 24.6.